The molecule has 136 valence electrons. The number of rotatable bonds is 7. The Balaban J connectivity index is 2.40. The molecular formula is C16H18ClFN2O5. The van der Waals surface area contributed by atoms with E-state index in [0.717, 1.165) is 0 Å². The van der Waals surface area contributed by atoms with Gasteiger partial charge in [-0.1, -0.05) is 11.6 Å². The molecule has 1 aliphatic heterocycles. The van der Waals surface area contributed by atoms with E-state index in [4.69, 9.17) is 21.4 Å². The van der Waals surface area contributed by atoms with E-state index in [2.05, 4.69) is 10.1 Å². The molecule has 1 heterocycles. The Morgan fingerprint density at radius 2 is 2.20 bits per heavy atom. The lowest BCUT2D eigenvalue weighted by Gasteiger charge is -2.16. The maximum absolute atomic E-state index is 14.6. The molecule has 0 fully saturated rings. The number of anilines is 1. The van der Waals surface area contributed by atoms with E-state index in [9.17, 15) is 14.0 Å². The topological polar surface area (TPSA) is 88.1 Å². The van der Waals surface area contributed by atoms with Crippen molar-refractivity contribution in [3.8, 4) is 5.75 Å². The van der Waals surface area contributed by atoms with Gasteiger partial charge in [0.25, 0.3) is 5.91 Å². The summed E-state index contributed by atoms with van der Waals surface area (Å²) in [7, 11) is 1.18. The number of β-amino-alcohol motifs (C(OH)–C–C–N with tert-alkyl or cyclic N) is 1. The smallest absolute Gasteiger partial charge is 0.337 e. The second kappa shape index (κ2) is 8.17. The monoisotopic (exact) mass is 372 g/mol. The van der Waals surface area contributed by atoms with Crippen molar-refractivity contribution in [2.24, 2.45) is 0 Å². The molecule has 0 bridgehead atoms. The molecule has 0 saturated carbocycles. The fraction of sp³-hybridized carbons (Fsp3) is 0.375. The number of hydrogen-bond acceptors (Lipinski definition) is 6. The number of nitrogens with one attached hydrogen (secondary N) is 1. The van der Waals surface area contributed by atoms with Crippen LogP contribution in [0, 0.1) is 5.82 Å². The number of aliphatic hydroxyl groups excluding tert-OH is 1. The summed E-state index contributed by atoms with van der Waals surface area (Å²) in [6.07, 6.45) is 0. The van der Waals surface area contributed by atoms with Crippen molar-refractivity contribution < 1.29 is 28.6 Å². The maximum atomic E-state index is 14.6. The van der Waals surface area contributed by atoms with Crippen molar-refractivity contribution in [2.45, 2.75) is 6.92 Å². The van der Waals surface area contributed by atoms with E-state index in [0.29, 0.717) is 0 Å². The van der Waals surface area contributed by atoms with Gasteiger partial charge in [-0.15, -0.1) is 0 Å². The van der Waals surface area contributed by atoms with Gasteiger partial charge >= 0.3 is 5.97 Å². The number of benzene rings is 1. The highest BCUT2D eigenvalue weighted by atomic mass is 35.5. The lowest BCUT2D eigenvalue weighted by molar-refractivity contribution is -0.136. The molecule has 0 saturated heterocycles. The number of aliphatic hydroxyl groups is 1. The Kier molecular flexibility index (Phi) is 6.22. The van der Waals surface area contributed by atoms with Crippen molar-refractivity contribution in [3.63, 3.8) is 0 Å². The number of carbonyl (C=O) groups is 2. The van der Waals surface area contributed by atoms with E-state index in [-0.39, 0.29) is 54.0 Å². The molecule has 1 aliphatic rings. The normalized spacial score (nSPS) is 14.1. The number of amides is 1. The summed E-state index contributed by atoms with van der Waals surface area (Å²) in [5.74, 6) is -2.18. The third-order valence-corrected chi connectivity index (χ3v) is 3.85. The highest BCUT2D eigenvalue weighted by Crippen LogP contribution is 2.34. The van der Waals surface area contributed by atoms with Gasteiger partial charge in [-0.25, -0.2) is 9.18 Å². The maximum Gasteiger partial charge on any atom is 0.337 e. The molecule has 0 atom stereocenters. The third kappa shape index (κ3) is 3.85. The first-order valence-corrected chi connectivity index (χ1v) is 7.91. The molecule has 0 spiro atoms. The van der Waals surface area contributed by atoms with Gasteiger partial charge in [0.2, 0.25) is 0 Å². The Morgan fingerprint density at radius 3 is 2.80 bits per heavy atom. The van der Waals surface area contributed by atoms with Crippen LogP contribution in [0.4, 0.5) is 10.1 Å². The summed E-state index contributed by atoms with van der Waals surface area (Å²) in [6.45, 7) is 1.62. The van der Waals surface area contributed by atoms with Crippen LogP contribution in [0.25, 0.3) is 0 Å². The standard InChI is InChI=1S/C16H18ClFN2O5/c1-3-25-14-10(17)4-5-11(12(14)18)19-13-9(16(23)24-2)8-20(6-7-21)15(13)22/h4-5,19,21H,3,6-8H2,1-2H3. The van der Waals surface area contributed by atoms with E-state index in [1.807, 2.05) is 0 Å². The first kappa shape index (κ1) is 19.0. The van der Waals surface area contributed by atoms with Crippen LogP contribution in [0.1, 0.15) is 6.92 Å². The zero-order valence-electron chi connectivity index (χ0n) is 13.8. The summed E-state index contributed by atoms with van der Waals surface area (Å²) in [6, 6.07) is 2.76. The molecule has 2 N–H and O–H groups in total. The van der Waals surface area contributed by atoms with Gasteiger partial charge in [0.05, 0.1) is 43.2 Å². The number of esters is 1. The Hall–Kier alpha value is -2.32. The summed E-state index contributed by atoms with van der Waals surface area (Å²) in [5.41, 5.74) is -0.124. The SMILES string of the molecule is CCOc1c(Cl)ccc(NC2=C(C(=O)OC)CN(CCO)C2=O)c1F. The van der Waals surface area contributed by atoms with Crippen molar-refractivity contribution in [2.75, 3.05) is 38.7 Å². The third-order valence-electron chi connectivity index (χ3n) is 3.55. The second-order valence-corrected chi connectivity index (χ2v) is 5.50. The minimum Gasteiger partial charge on any atom is -0.489 e. The first-order valence-electron chi connectivity index (χ1n) is 7.54. The van der Waals surface area contributed by atoms with Gasteiger partial charge in [-0.2, -0.15) is 0 Å². The van der Waals surface area contributed by atoms with Crippen LogP contribution in [0.3, 0.4) is 0 Å². The second-order valence-electron chi connectivity index (χ2n) is 5.09. The summed E-state index contributed by atoms with van der Waals surface area (Å²) in [5, 5.41) is 11.8. The number of carbonyl (C=O) groups excluding carboxylic acids is 2. The summed E-state index contributed by atoms with van der Waals surface area (Å²) in [4.78, 5) is 25.6. The van der Waals surface area contributed by atoms with Crippen LogP contribution >= 0.6 is 11.6 Å². The molecule has 1 aromatic carbocycles. The minimum absolute atomic E-state index is 0.0395. The van der Waals surface area contributed by atoms with Gasteiger partial charge in [0.15, 0.2) is 11.6 Å². The van der Waals surface area contributed by atoms with Gasteiger partial charge in [0.1, 0.15) is 5.70 Å². The Morgan fingerprint density at radius 1 is 1.48 bits per heavy atom. The van der Waals surface area contributed by atoms with Gasteiger partial charge in [0, 0.05) is 6.54 Å². The summed E-state index contributed by atoms with van der Waals surface area (Å²) >= 11 is 5.91. The zero-order valence-corrected chi connectivity index (χ0v) is 14.5. The van der Waals surface area contributed by atoms with E-state index >= 15 is 0 Å². The fourth-order valence-corrected chi connectivity index (χ4v) is 2.59. The highest BCUT2D eigenvalue weighted by molar-refractivity contribution is 6.32. The Bertz CT molecular complexity index is 723. The molecule has 1 amide bonds. The number of methoxy groups -OCH3 is 1. The van der Waals surface area contributed by atoms with E-state index in [1.54, 1.807) is 6.92 Å². The van der Waals surface area contributed by atoms with Gasteiger partial charge in [-0.3, -0.25) is 4.79 Å². The van der Waals surface area contributed by atoms with Crippen molar-refractivity contribution in [1.29, 1.82) is 0 Å². The molecule has 1 aromatic rings. The van der Waals surface area contributed by atoms with Crippen molar-refractivity contribution in [1.82, 2.24) is 4.90 Å². The highest BCUT2D eigenvalue weighted by Gasteiger charge is 2.35. The molecule has 0 radical (unpaired) electrons. The average Bonchev–Trinajstić information content (AvgIpc) is 2.90. The van der Waals surface area contributed by atoms with E-state index in [1.165, 1.54) is 24.1 Å². The summed E-state index contributed by atoms with van der Waals surface area (Å²) < 4.78 is 24.4. The van der Waals surface area contributed by atoms with Gasteiger partial charge < -0.3 is 24.8 Å². The first-order chi connectivity index (χ1) is 11.9. The number of halogens is 2. The molecule has 0 aromatic heterocycles. The molecular weight excluding hydrogens is 355 g/mol. The van der Waals surface area contributed by atoms with E-state index < -0.39 is 17.7 Å². The lowest BCUT2D eigenvalue weighted by atomic mass is 10.2. The number of ether oxygens (including phenoxy) is 2. The Labute approximate surface area is 149 Å². The van der Waals surface area contributed by atoms with Crippen molar-refractivity contribution in [3.05, 3.63) is 34.2 Å². The van der Waals surface area contributed by atoms with Crippen LogP contribution in [0.15, 0.2) is 23.4 Å². The van der Waals surface area contributed by atoms with Crippen LogP contribution in [0.2, 0.25) is 5.02 Å². The van der Waals surface area contributed by atoms with Crippen LogP contribution in [-0.4, -0.2) is 55.3 Å². The predicted octanol–water partition coefficient (Wildman–Crippen LogP) is 1.55. The molecule has 7 nitrogen and oxygen atoms in total. The average molecular weight is 373 g/mol. The lowest BCUT2D eigenvalue weighted by Crippen LogP contribution is -2.31. The van der Waals surface area contributed by atoms with Gasteiger partial charge in [-0.05, 0) is 19.1 Å². The molecule has 9 heteroatoms. The van der Waals surface area contributed by atoms with Crippen LogP contribution in [-0.2, 0) is 14.3 Å². The van der Waals surface area contributed by atoms with Crippen LogP contribution < -0.4 is 10.1 Å². The van der Waals surface area contributed by atoms with Crippen LogP contribution in [0.5, 0.6) is 5.75 Å². The number of nitrogens with zero attached hydrogens (tertiary/aromatic N) is 1. The fourth-order valence-electron chi connectivity index (χ4n) is 2.39. The zero-order chi connectivity index (χ0) is 18.6. The molecule has 25 heavy (non-hydrogen) atoms. The predicted molar refractivity (Wildman–Crippen MR) is 88.9 cm³/mol. The van der Waals surface area contributed by atoms with Crippen molar-refractivity contribution >= 4 is 29.2 Å². The molecule has 0 aliphatic carbocycles. The minimum atomic E-state index is -0.778. The number of hydrogen-bond donors (Lipinski definition) is 2. The quantitative estimate of drug-likeness (QED) is 0.706. The molecule has 2 rings (SSSR count). The largest absolute Gasteiger partial charge is 0.489 e. The molecule has 0 unspecified atom stereocenters.